The third-order valence-electron chi connectivity index (χ3n) is 3.85. The first kappa shape index (κ1) is 16.1. The number of rotatable bonds is 3. The molecule has 0 bridgehead atoms. The quantitative estimate of drug-likeness (QED) is 0.831. The van der Waals surface area contributed by atoms with Crippen LogP contribution in [0.1, 0.15) is 30.6 Å². The van der Waals surface area contributed by atoms with Crippen molar-refractivity contribution in [2.45, 2.75) is 20.3 Å². The molecule has 0 aromatic heterocycles. The Morgan fingerprint density at radius 3 is 2.05 bits per heavy atom. The van der Waals surface area contributed by atoms with Crippen LogP contribution in [0.5, 0.6) is 11.5 Å². The maximum absolute atomic E-state index is 12.7. The summed E-state index contributed by atoms with van der Waals surface area (Å²) in [4.78, 5) is 14.7. The van der Waals surface area contributed by atoms with Gasteiger partial charge in [-0.3, -0.25) is 4.79 Å². The van der Waals surface area contributed by atoms with Crippen molar-refractivity contribution in [3.8, 4) is 11.5 Å². The van der Waals surface area contributed by atoms with Crippen LogP contribution in [-0.2, 0) is 0 Å². The maximum Gasteiger partial charge on any atom is 0.254 e. The molecule has 116 valence electrons. The maximum atomic E-state index is 12.7. The van der Waals surface area contributed by atoms with Crippen LogP contribution in [0.25, 0.3) is 0 Å². The molecular formula is C16H22BrNO3. The van der Waals surface area contributed by atoms with Crippen LogP contribution in [0.15, 0.2) is 16.6 Å². The van der Waals surface area contributed by atoms with Gasteiger partial charge in [0.2, 0.25) is 0 Å². The standard InChI is InChI=1S/C16H22BrNO3/c1-10-5-11(2)9-18(8-10)16(19)12-6-13(20-3)15(17)14(7-12)21-4/h6-7,10-11H,5,8-9H2,1-4H3/t10-,11-/m1/s1. The molecule has 21 heavy (non-hydrogen) atoms. The van der Waals surface area contributed by atoms with Crippen LogP contribution < -0.4 is 9.47 Å². The summed E-state index contributed by atoms with van der Waals surface area (Å²) in [6.07, 6.45) is 1.18. The van der Waals surface area contributed by atoms with Gasteiger partial charge in [-0.15, -0.1) is 0 Å². The molecule has 0 N–H and O–H groups in total. The van der Waals surface area contributed by atoms with Gasteiger partial charge in [0, 0.05) is 18.7 Å². The third-order valence-corrected chi connectivity index (χ3v) is 4.63. The number of carbonyl (C=O) groups excluding carboxylic acids is 1. The highest BCUT2D eigenvalue weighted by molar-refractivity contribution is 9.10. The molecule has 0 aliphatic carbocycles. The normalized spacial score (nSPS) is 22.0. The smallest absolute Gasteiger partial charge is 0.254 e. The largest absolute Gasteiger partial charge is 0.495 e. The lowest BCUT2D eigenvalue weighted by Crippen LogP contribution is -2.42. The van der Waals surface area contributed by atoms with E-state index in [9.17, 15) is 4.79 Å². The molecular weight excluding hydrogens is 334 g/mol. The lowest BCUT2D eigenvalue weighted by Gasteiger charge is -2.35. The minimum atomic E-state index is 0.0394. The van der Waals surface area contributed by atoms with Gasteiger partial charge in [-0.1, -0.05) is 13.8 Å². The summed E-state index contributed by atoms with van der Waals surface area (Å²) in [6, 6.07) is 3.53. The van der Waals surface area contributed by atoms with E-state index in [1.54, 1.807) is 26.4 Å². The molecule has 1 amide bonds. The first-order chi connectivity index (χ1) is 9.96. The van der Waals surface area contributed by atoms with E-state index in [1.807, 2.05) is 4.90 Å². The van der Waals surface area contributed by atoms with Gasteiger partial charge in [0.1, 0.15) is 16.0 Å². The Morgan fingerprint density at radius 2 is 1.62 bits per heavy atom. The minimum absolute atomic E-state index is 0.0394. The van der Waals surface area contributed by atoms with Gasteiger partial charge in [0.05, 0.1) is 14.2 Å². The predicted octanol–water partition coefficient (Wildman–Crippen LogP) is 3.58. The molecule has 0 unspecified atom stereocenters. The Hall–Kier alpha value is -1.23. The van der Waals surface area contributed by atoms with Crippen LogP contribution in [0, 0.1) is 11.8 Å². The SMILES string of the molecule is COc1cc(C(=O)N2C[C@H](C)C[C@@H](C)C2)cc(OC)c1Br. The predicted molar refractivity (Wildman–Crippen MR) is 86.1 cm³/mol. The summed E-state index contributed by atoms with van der Waals surface area (Å²) in [5.74, 6) is 2.33. The summed E-state index contributed by atoms with van der Waals surface area (Å²) >= 11 is 3.43. The van der Waals surface area contributed by atoms with Gasteiger partial charge in [0.15, 0.2) is 0 Å². The van der Waals surface area contributed by atoms with Crippen molar-refractivity contribution in [3.05, 3.63) is 22.2 Å². The Bertz CT molecular complexity index is 497. The van der Waals surface area contributed by atoms with E-state index in [-0.39, 0.29) is 5.91 Å². The minimum Gasteiger partial charge on any atom is -0.495 e. The number of halogens is 1. The molecule has 0 saturated carbocycles. The molecule has 4 nitrogen and oxygen atoms in total. The lowest BCUT2D eigenvalue weighted by atomic mass is 9.91. The zero-order valence-corrected chi connectivity index (χ0v) is 14.6. The fourth-order valence-corrected chi connectivity index (χ4v) is 3.56. The van der Waals surface area contributed by atoms with Crippen LogP contribution in [0.2, 0.25) is 0 Å². The van der Waals surface area contributed by atoms with Crippen LogP contribution in [-0.4, -0.2) is 38.1 Å². The Morgan fingerprint density at radius 1 is 1.14 bits per heavy atom. The number of carbonyl (C=O) groups is 1. The Labute approximate surface area is 134 Å². The van der Waals surface area contributed by atoms with Crippen molar-refractivity contribution >= 4 is 21.8 Å². The number of piperidine rings is 1. The van der Waals surface area contributed by atoms with Gasteiger partial charge >= 0.3 is 0 Å². The van der Waals surface area contributed by atoms with Crippen LogP contribution in [0.4, 0.5) is 0 Å². The molecule has 2 rings (SSSR count). The average molecular weight is 356 g/mol. The summed E-state index contributed by atoms with van der Waals surface area (Å²) in [5, 5.41) is 0. The van der Waals surface area contributed by atoms with Crippen molar-refractivity contribution in [2.24, 2.45) is 11.8 Å². The first-order valence-corrected chi connectivity index (χ1v) is 7.96. The molecule has 1 heterocycles. The topological polar surface area (TPSA) is 38.8 Å². The molecule has 0 spiro atoms. The average Bonchev–Trinajstić information content (AvgIpc) is 2.45. The highest BCUT2D eigenvalue weighted by atomic mass is 79.9. The van der Waals surface area contributed by atoms with Crippen molar-refractivity contribution in [3.63, 3.8) is 0 Å². The van der Waals surface area contributed by atoms with E-state index in [0.29, 0.717) is 28.9 Å². The second-order valence-electron chi connectivity index (χ2n) is 5.85. The zero-order valence-electron chi connectivity index (χ0n) is 13.0. The molecule has 0 radical (unpaired) electrons. The number of amides is 1. The van der Waals surface area contributed by atoms with E-state index < -0.39 is 0 Å². The van der Waals surface area contributed by atoms with Gasteiger partial charge in [0.25, 0.3) is 5.91 Å². The van der Waals surface area contributed by atoms with E-state index in [1.165, 1.54) is 6.42 Å². The number of benzene rings is 1. The first-order valence-electron chi connectivity index (χ1n) is 7.17. The van der Waals surface area contributed by atoms with E-state index >= 15 is 0 Å². The highest BCUT2D eigenvalue weighted by Gasteiger charge is 2.27. The molecule has 2 atom stereocenters. The summed E-state index contributed by atoms with van der Waals surface area (Å²) in [6.45, 7) is 6.01. The molecule has 5 heteroatoms. The van der Waals surface area contributed by atoms with Crippen molar-refractivity contribution in [2.75, 3.05) is 27.3 Å². The molecule has 1 saturated heterocycles. The van der Waals surface area contributed by atoms with Crippen molar-refractivity contribution in [1.29, 1.82) is 0 Å². The monoisotopic (exact) mass is 355 g/mol. The summed E-state index contributed by atoms with van der Waals surface area (Å²) < 4.78 is 11.3. The molecule has 1 aromatic carbocycles. The van der Waals surface area contributed by atoms with E-state index in [0.717, 1.165) is 17.6 Å². The summed E-state index contributed by atoms with van der Waals surface area (Å²) in [5.41, 5.74) is 0.605. The van der Waals surface area contributed by atoms with Crippen LogP contribution in [0.3, 0.4) is 0 Å². The molecule has 1 fully saturated rings. The fourth-order valence-electron chi connectivity index (χ4n) is 3.00. The second-order valence-corrected chi connectivity index (χ2v) is 6.64. The number of likely N-dealkylation sites (tertiary alicyclic amines) is 1. The van der Waals surface area contributed by atoms with Gasteiger partial charge < -0.3 is 14.4 Å². The van der Waals surface area contributed by atoms with E-state index in [4.69, 9.17) is 9.47 Å². The van der Waals surface area contributed by atoms with Crippen molar-refractivity contribution in [1.82, 2.24) is 4.90 Å². The Kier molecular flexibility index (Phi) is 5.14. The highest BCUT2D eigenvalue weighted by Crippen LogP contribution is 2.36. The van der Waals surface area contributed by atoms with Crippen LogP contribution >= 0.6 is 15.9 Å². The summed E-state index contributed by atoms with van der Waals surface area (Å²) in [7, 11) is 3.16. The van der Waals surface area contributed by atoms with Gasteiger partial charge in [-0.25, -0.2) is 0 Å². The molecule has 1 aliphatic rings. The zero-order chi connectivity index (χ0) is 15.6. The van der Waals surface area contributed by atoms with Gasteiger partial charge in [-0.2, -0.15) is 0 Å². The number of ether oxygens (including phenoxy) is 2. The van der Waals surface area contributed by atoms with Crippen molar-refractivity contribution < 1.29 is 14.3 Å². The molecule has 1 aliphatic heterocycles. The fraction of sp³-hybridized carbons (Fsp3) is 0.562. The van der Waals surface area contributed by atoms with E-state index in [2.05, 4.69) is 29.8 Å². The van der Waals surface area contributed by atoms with Gasteiger partial charge in [-0.05, 0) is 46.3 Å². The Balaban J connectivity index is 2.30. The third kappa shape index (κ3) is 3.51. The molecule has 1 aromatic rings. The lowest BCUT2D eigenvalue weighted by molar-refractivity contribution is 0.0622. The second kappa shape index (κ2) is 6.69. The number of methoxy groups -OCH3 is 2. The number of hydrogen-bond acceptors (Lipinski definition) is 3. The number of hydrogen-bond donors (Lipinski definition) is 0. The number of nitrogens with zero attached hydrogens (tertiary/aromatic N) is 1.